The van der Waals surface area contributed by atoms with Crippen molar-refractivity contribution in [1.29, 1.82) is 0 Å². The Labute approximate surface area is 177 Å². The Hall–Kier alpha value is -2.42. The monoisotopic (exact) mass is 458 g/mol. The minimum atomic E-state index is 0.0134. The van der Waals surface area contributed by atoms with E-state index >= 15 is 0 Å². The summed E-state index contributed by atoms with van der Waals surface area (Å²) in [6.45, 7) is 4.83. The molecule has 1 aromatic heterocycles. The van der Waals surface area contributed by atoms with Crippen LogP contribution in [0.15, 0.2) is 41.1 Å². The molecule has 0 spiro atoms. The molecule has 7 nitrogen and oxygen atoms in total. The van der Waals surface area contributed by atoms with Crippen molar-refractivity contribution in [3.63, 3.8) is 0 Å². The van der Waals surface area contributed by atoms with Crippen LogP contribution in [0.3, 0.4) is 0 Å². The lowest BCUT2D eigenvalue weighted by atomic mass is 10.2. The molecule has 0 saturated carbocycles. The summed E-state index contributed by atoms with van der Waals surface area (Å²) in [5.74, 6) is 1.98. The van der Waals surface area contributed by atoms with Crippen molar-refractivity contribution in [2.24, 2.45) is 0 Å². The van der Waals surface area contributed by atoms with Crippen molar-refractivity contribution in [3.05, 3.63) is 46.7 Å². The third-order valence-corrected chi connectivity index (χ3v) is 5.66. The van der Waals surface area contributed by atoms with E-state index in [1.165, 1.54) is 6.33 Å². The molecule has 4 rings (SSSR count). The van der Waals surface area contributed by atoms with Crippen LogP contribution in [0.1, 0.15) is 5.56 Å². The molecule has 1 fully saturated rings. The van der Waals surface area contributed by atoms with Gasteiger partial charge in [0.1, 0.15) is 24.9 Å². The van der Waals surface area contributed by atoms with E-state index in [0.717, 1.165) is 39.7 Å². The van der Waals surface area contributed by atoms with Gasteiger partial charge in [-0.15, -0.1) is 0 Å². The fraction of sp³-hybridized carbons (Fsp3) is 0.333. The summed E-state index contributed by atoms with van der Waals surface area (Å²) >= 11 is 3.53. The third kappa shape index (κ3) is 4.60. The van der Waals surface area contributed by atoms with Gasteiger partial charge >= 0.3 is 0 Å². The molecular weight excluding hydrogens is 436 g/mol. The van der Waals surface area contributed by atoms with Gasteiger partial charge in [0.15, 0.2) is 11.5 Å². The average Bonchev–Trinajstić information content (AvgIpc) is 2.75. The zero-order valence-electron chi connectivity index (χ0n) is 16.4. The molecule has 0 amide bonds. The first-order valence-electron chi connectivity index (χ1n) is 9.45. The van der Waals surface area contributed by atoms with Gasteiger partial charge in [0.25, 0.3) is 0 Å². The van der Waals surface area contributed by atoms with E-state index in [1.54, 1.807) is 7.11 Å². The lowest BCUT2D eigenvalue weighted by molar-refractivity contribution is -0.000232. The van der Waals surface area contributed by atoms with Crippen molar-refractivity contribution >= 4 is 38.3 Å². The first-order valence-corrected chi connectivity index (χ1v) is 10.2. The van der Waals surface area contributed by atoms with Crippen molar-refractivity contribution in [1.82, 2.24) is 15.3 Å². The number of aromatic nitrogens is 2. The average molecular weight is 459 g/mol. The van der Waals surface area contributed by atoms with Gasteiger partial charge in [-0.3, -0.25) is 0 Å². The summed E-state index contributed by atoms with van der Waals surface area (Å²) < 4.78 is 18.3. The first kappa shape index (κ1) is 19.9. The molecule has 1 unspecified atom stereocenters. The second-order valence-corrected chi connectivity index (χ2v) is 7.69. The number of ether oxygens (including phenoxy) is 3. The van der Waals surface area contributed by atoms with Crippen molar-refractivity contribution < 1.29 is 14.2 Å². The van der Waals surface area contributed by atoms with Crippen LogP contribution < -0.4 is 20.1 Å². The van der Waals surface area contributed by atoms with Crippen LogP contribution in [0.4, 0.5) is 11.5 Å². The molecule has 2 aromatic carbocycles. The minimum absolute atomic E-state index is 0.0134. The number of nitrogens with zero attached hydrogens (tertiary/aromatic N) is 2. The Balaban J connectivity index is 1.63. The highest BCUT2D eigenvalue weighted by Crippen LogP contribution is 2.35. The highest BCUT2D eigenvalue weighted by Gasteiger charge is 2.17. The molecule has 8 heteroatoms. The predicted molar refractivity (Wildman–Crippen MR) is 116 cm³/mol. The highest BCUT2D eigenvalue weighted by molar-refractivity contribution is 9.10. The Morgan fingerprint density at radius 3 is 2.90 bits per heavy atom. The van der Waals surface area contributed by atoms with Crippen LogP contribution >= 0.6 is 15.9 Å². The summed E-state index contributed by atoms with van der Waals surface area (Å²) in [6.07, 6.45) is 1.55. The second-order valence-electron chi connectivity index (χ2n) is 6.84. The van der Waals surface area contributed by atoms with E-state index in [9.17, 15) is 0 Å². The van der Waals surface area contributed by atoms with Gasteiger partial charge in [-0.1, -0.05) is 15.9 Å². The van der Waals surface area contributed by atoms with Crippen molar-refractivity contribution in [3.8, 4) is 11.5 Å². The van der Waals surface area contributed by atoms with Crippen LogP contribution in [0.25, 0.3) is 10.9 Å². The van der Waals surface area contributed by atoms with Gasteiger partial charge in [0.05, 0.1) is 19.2 Å². The first-order chi connectivity index (χ1) is 14.1. The predicted octanol–water partition coefficient (Wildman–Crippen LogP) is 3.82. The number of anilines is 2. The van der Waals surface area contributed by atoms with Gasteiger partial charge in [-0.05, 0) is 36.8 Å². The minimum Gasteiger partial charge on any atom is -0.493 e. The Bertz CT molecular complexity index is 1010. The van der Waals surface area contributed by atoms with E-state index in [4.69, 9.17) is 14.2 Å². The van der Waals surface area contributed by atoms with Crippen LogP contribution in [0.5, 0.6) is 11.5 Å². The molecule has 1 aliphatic heterocycles. The number of hydrogen-bond acceptors (Lipinski definition) is 7. The zero-order chi connectivity index (χ0) is 20.2. The standard InChI is InChI=1S/C21H23BrN4O3/c1-13-7-14(3-4-17(13)22)26-21-16-8-20(29-11-15-10-23-5-6-28-15)19(27-2)9-18(16)24-12-25-21/h3-4,7-9,12,15,23H,5-6,10-11H2,1-2H3,(H,24,25,26). The number of rotatable bonds is 6. The number of halogens is 1. The number of nitrogens with one attached hydrogen (secondary N) is 2. The van der Waals surface area contributed by atoms with Gasteiger partial charge in [-0.25, -0.2) is 9.97 Å². The molecule has 29 heavy (non-hydrogen) atoms. The topological polar surface area (TPSA) is 77.5 Å². The van der Waals surface area contributed by atoms with Gasteiger partial charge in [0, 0.05) is 34.7 Å². The van der Waals surface area contributed by atoms with E-state index in [1.807, 2.05) is 31.2 Å². The molecule has 0 aliphatic carbocycles. The molecule has 2 heterocycles. The van der Waals surface area contributed by atoms with Crippen LogP contribution in [0.2, 0.25) is 0 Å². The molecule has 1 aliphatic rings. The Morgan fingerprint density at radius 1 is 1.24 bits per heavy atom. The normalized spacial score (nSPS) is 16.6. The maximum Gasteiger partial charge on any atom is 0.162 e. The van der Waals surface area contributed by atoms with Crippen molar-refractivity contribution in [2.75, 3.05) is 38.7 Å². The third-order valence-electron chi connectivity index (χ3n) is 4.77. The summed E-state index contributed by atoms with van der Waals surface area (Å²) in [5.41, 5.74) is 2.86. The van der Waals surface area contributed by atoms with E-state index in [-0.39, 0.29) is 6.10 Å². The molecule has 3 aromatic rings. The summed E-state index contributed by atoms with van der Waals surface area (Å²) in [6, 6.07) is 9.85. The lowest BCUT2D eigenvalue weighted by Gasteiger charge is -2.24. The van der Waals surface area contributed by atoms with E-state index < -0.39 is 0 Å². The molecule has 0 bridgehead atoms. The summed E-state index contributed by atoms with van der Waals surface area (Å²) in [7, 11) is 1.62. The smallest absolute Gasteiger partial charge is 0.162 e. The maximum absolute atomic E-state index is 6.04. The fourth-order valence-electron chi connectivity index (χ4n) is 3.20. The zero-order valence-corrected chi connectivity index (χ0v) is 18.0. The van der Waals surface area contributed by atoms with Gasteiger partial charge < -0.3 is 24.8 Å². The highest BCUT2D eigenvalue weighted by atomic mass is 79.9. The van der Waals surface area contributed by atoms with Gasteiger partial charge in [0.2, 0.25) is 0 Å². The summed E-state index contributed by atoms with van der Waals surface area (Å²) in [4.78, 5) is 8.82. The number of morpholine rings is 1. The van der Waals surface area contributed by atoms with Gasteiger partial charge in [-0.2, -0.15) is 0 Å². The van der Waals surface area contributed by atoms with Crippen LogP contribution in [-0.2, 0) is 4.74 Å². The molecule has 152 valence electrons. The lowest BCUT2D eigenvalue weighted by Crippen LogP contribution is -2.41. The maximum atomic E-state index is 6.04. The summed E-state index contributed by atoms with van der Waals surface area (Å²) in [5, 5.41) is 7.54. The number of aryl methyl sites for hydroxylation is 1. The quantitative estimate of drug-likeness (QED) is 0.581. The van der Waals surface area contributed by atoms with Crippen LogP contribution in [0, 0.1) is 6.92 Å². The largest absolute Gasteiger partial charge is 0.493 e. The second kappa shape index (κ2) is 8.94. The van der Waals surface area contributed by atoms with E-state index in [2.05, 4.69) is 42.6 Å². The molecule has 2 N–H and O–H groups in total. The number of hydrogen-bond donors (Lipinski definition) is 2. The molecule has 1 saturated heterocycles. The van der Waals surface area contributed by atoms with Crippen LogP contribution in [-0.4, -0.2) is 49.5 Å². The van der Waals surface area contributed by atoms with Crippen molar-refractivity contribution in [2.45, 2.75) is 13.0 Å². The number of fused-ring (bicyclic) bond motifs is 1. The molecular formula is C21H23BrN4O3. The fourth-order valence-corrected chi connectivity index (χ4v) is 3.45. The number of benzene rings is 2. The number of methoxy groups -OCH3 is 1. The SMILES string of the molecule is COc1cc2ncnc(Nc3ccc(Br)c(C)c3)c2cc1OCC1CNCCO1. The Kier molecular flexibility index (Phi) is 6.13. The molecule has 1 atom stereocenters. The van der Waals surface area contributed by atoms with E-state index in [0.29, 0.717) is 30.5 Å². The molecule has 0 radical (unpaired) electrons. The Morgan fingerprint density at radius 2 is 2.14 bits per heavy atom.